The molecule has 0 aliphatic carbocycles. The summed E-state index contributed by atoms with van der Waals surface area (Å²) in [6, 6.07) is 7.80. The Labute approximate surface area is 102 Å². The highest BCUT2D eigenvalue weighted by Crippen LogP contribution is 2.15. The molecule has 17 heavy (non-hydrogen) atoms. The molecule has 0 saturated heterocycles. The maximum Gasteiger partial charge on any atom is 0.224 e. The van der Waals surface area contributed by atoms with E-state index >= 15 is 0 Å². The normalized spacial score (nSPS) is 10.2. The number of ether oxygens (including phenoxy) is 1. The number of nitrogens with one attached hydrogen (secondary N) is 2. The van der Waals surface area contributed by atoms with E-state index in [4.69, 9.17) is 4.74 Å². The van der Waals surface area contributed by atoms with E-state index in [1.165, 1.54) is 0 Å². The van der Waals surface area contributed by atoms with Gasteiger partial charge in [-0.1, -0.05) is 18.2 Å². The maximum atomic E-state index is 11.7. The van der Waals surface area contributed by atoms with Crippen molar-refractivity contribution in [1.82, 2.24) is 5.32 Å². The van der Waals surface area contributed by atoms with E-state index < -0.39 is 0 Å². The van der Waals surface area contributed by atoms with Crippen molar-refractivity contribution in [2.24, 2.45) is 0 Å². The number of carbonyl (C=O) groups is 1. The van der Waals surface area contributed by atoms with Crippen molar-refractivity contribution in [3.8, 4) is 0 Å². The van der Waals surface area contributed by atoms with Crippen molar-refractivity contribution in [2.75, 3.05) is 26.1 Å². The van der Waals surface area contributed by atoms with Gasteiger partial charge in [0.25, 0.3) is 0 Å². The number of hydrogen-bond donors (Lipinski definition) is 2. The predicted octanol–water partition coefficient (Wildman–Crippen LogP) is 1.77. The molecular weight excluding hydrogens is 216 g/mol. The minimum absolute atomic E-state index is 0.0330. The van der Waals surface area contributed by atoms with Crippen LogP contribution in [0.2, 0.25) is 0 Å². The molecule has 4 nitrogen and oxygen atoms in total. The minimum Gasteiger partial charge on any atom is -0.385 e. The summed E-state index contributed by atoms with van der Waals surface area (Å²) in [4.78, 5) is 11.7. The average Bonchev–Trinajstić information content (AvgIpc) is 2.32. The number of benzene rings is 1. The third-order valence-electron chi connectivity index (χ3n) is 2.41. The Morgan fingerprint density at radius 3 is 2.82 bits per heavy atom. The highest BCUT2D eigenvalue weighted by molar-refractivity contribution is 5.91. The lowest BCUT2D eigenvalue weighted by Crippen LogP contribution is -2.15. The first-order valence-electron chi connectivity index (χ1n) is 5.79. The highest BCUT2D eigenvalue weighted by Gasteiger charge is 2.05. The summed E-state index contributed by atoms with van der Waals surface area (Å²) < 4.78 is 4.91. The molecule has 0 heterocycles. The second-order valence-electron chi connectivity index (χ2n) is 3.83. The van der Waals surface area contributed by atoms with Crippen LogP contribution in [0.25, 0.3) is 0 Å². The molecule has 1 aromatic carbocycles. The average molecular weight is 236 g/mol. The van der Waals surface area contributed by atoms with Crippen LogP contribution in [-0.4, -0.2) is 26.7 Å². The smallest absolute Gasteiger partial charge is 0.224 e. The van der Waals surface area contributed by atoms with Gasteiger partial charge in [-0.25, -0.2) is 0 Å². The van der Waals surface area contributed by atoms with E-state index in [9.17, 15) is 4.79 Å². The van der Waals surface area contributed by atoms with Crippen LogP contribution < -0.4 is 10.6 Å². The summed E-state index contributed by atoms with van der Waals surface area (Å²) in [7, 11) is 3.53. The molecule has 0 unspecified atom stereocenters. The third kappa shape index (κ3) is 4.97. The van der Waals surface area contributed by atoms with E-state index in [2.05, 4.69) is 10.6 Å². The van der Waals surface area contributed by atoms with Gasteiger partial charge in [-0.15, -0.1) is 0 Å². The number of amides is 1. The van der Waals surface area contributed by atoms with E-state index in [1.807, 2.05) is 31.3 Å². The molecule has 0 fully saturated rings. The van der Waals surface area contributed by atoms with Gasteiger partial charge in [-0.05, 0) is 25.1 Å². The fourth-order valence-corrected chi connectivity index (χ4v) is 1.58. The SMILES string of the molecule is CNCc1ccccc1NC(=O)CCCOC. The number of anilines is 1. The zero-order valence-corrected chi connectivity index (χ0v) is 10.5. The van der Waals surface area contributed by atoms with Crippen LogP contribution in [0.5, 0.6) is 0 Å². The lowest BCUT2D eigenvalue weighted by Gasteiger charge is -2.10. The van der Waals surface area contributed by atoms with Crippen molar-refractivity contribution in [3.63, 3.8) is 0 Å². The van der Waals surface area contributed by atoms with Crippen LogP contribution in [0.3, 0.4) is 0 Å². The van der Waals surface area contributed by atoms with E-state index in [-0.39, 0.29) is 5.91 Å². The molecule has 1 amide bonds. The Morgan fingerprint density at radius 1 is 1.35 bits per heavy atom. The fraction of sp³-hybridized carbons (Fsp3) is 0.462. The number of hydrogen-bond acceptors (Lipinski definition) is 3. The number of methoxy groups -OCH3 is 1. The molecule has 2 N–H and O–H groups in total. The molecule has 0 aliphatic heterocycles. The molecule has 0 spiro atoms. The van der Waals surface area contributed by atoms with Crippen LogP contribution in [0, 0.1) is 0 Å². The van der Waals surface area contributed by atoms with Gasteiger partial charge >= 0.3 is 0 Å². The molecule has 0 radical (unpaired) electrons. The van der Waals surface area contributed by atoms with Crippen molar-refractivity contribution in [3.05, 3.63) is 29.8 Å². The summed E-state index contributed by atoms with van der Waals surface area (Å²) in [5, 5.41) is 6.00. The molecule has 1 rings (SSSR count). The zero-order chi connectivity index (χ0) is 12.5. The number of carbonyl (C=O) groups excluding carboxylic acids is 1. The lowest BCUT2D eigenvalue weighted by molar-refractivity contribution is -0.116. The Hall–Kier alpha value is -1.39. The monoisotopic (exact) mass is 236 g/mol. The van der Waals surface area contributed by atoms with E-state index in [1.54, 1.807) is 7.11 Å². The van der Waals surface area contributed by atoms with Crippen LogP contribution in [0.15, 0.2) is 24.3 Å². The van der Waals surface area contributed by atoms with E-state index in [0.29, 0.717) is 13.0 Å². The predicted molar refractivity (Wildman–Crippen MR) is 68.9 cm³/mol. The third-order valence-corrected chi connectivity index (χ3v) is 2.41. The van der Waals surface area contributed by atoms with Gasteiger partial charge in [0.05, 0.1) is 0 Å². The molecule has 0 saturated carbocycles. The first-order valence-corrected chi connectivity index (χ1v) is 5.79. The topological polar surface area (TPSA) is 50.4 Å². The molecule has 1 aromatic rings. The molecule has 0 atom stereocenters. The molecule has 0 bridgehead atoms. The Balaban J connectivity index is 2.52. The second kappa shape index (κ2) is 7.81. The Bertz CT molecular complexity index is 353. The van der Waals surface area contributed by atoms with Gasteiger partial charge in [0.1, 0.15) is 0 Å². The van der Waals surface area contributed by atoms with Gasteiger partial charge < -0.3 is 15.4 Å². The maximum absolute atomic E-state index is 11.7. The number of para-hydroxylation sites is 1. The Kier molecular flexibility index (Phi) is 6.29. The summed E-state index contributed by atoms with van der Waals surface area (Å²) in [6.07, 6.45) is 1.23. The summed E-state index contributed by atoms with van der Waals surface area (Å²) >= 11 is 0. The largest absolute Gasteiger partial charge is 0.385 e. The molecule has 94 valence electrons. The Morgan fingerprint density at radius 2 is 2.12 bits per heavy atom. The van der Waals surface area contributed by atoms with Crippen LogP contribution in [-0.2, 0) is 16.1 Å². The highest BCUT2D eigenvalue weighted by atomic mass is 16.5. The van der Waals surface area contributed by atoms with E-state index in [0.717, 1.165) is 24.2 Å². The first kappa shape index (κ1) is 13.7. The summed E-state index contributed by atoms with van der Waals surface area (Å²) in [5.41, 5.74) is 1.97. The van der Waals surface area contributed by atoms with Crippen LogP contribution in [0.1, 0.15) is 18.4 Å². The second-order valence-corrected chi connectivity index (χ2v) is 3.83. The first-order chi connectivity index (χ1) is 8.27. The summed E-state index contributed by atoms with van der Waals surface area (Å²) in [5.74, 6) is 0.0330. The molecule has 4 heteroatoms. The lowest BCUT2D eigenvalue weighted by atomic mass is 10.1. The fourth-order valence-electron chi connectivity index (χ4n) is 1.58. The molecule has 0 aliphatic rings. The standard InChI is InChI=1S/C13H20N2O2/c1-14-10-11-6-3-4-7-12(11)15-13(16)8-5-9-17-2/h3-4,6-7,14H,5,8-10H2,1-2H3,(H,15,16). The number of rotatable bonds is 7. The van der Waals surface area contributed by atoms with Crippen molar-refractivity contribution in [2.45, 2.75) is 19.4 Å². The van der Waals surface area contributed by atoms with Gasteiger partial charge in [-0.2, -0.15) is 0 Å². The van der Waals surface area contributed by atoms with Crippen molar-refractivity contribution in [1.29, 1.82) is 0 Å². The quantitative estimate of drug-likeness (QED) is 0.709. The zero-order valence-electron chi connectivity index (χ0n) is 10.5. The van der Waals surface area contributed by atoms with Crippen molar-refractivity contribution >= 4 is 11.6 Å². The van der Waals surface area contributed by atoms with Crippen molar-refractivity contribution < 1.29 is 9.53 Å². The summed E-state index contributed by atoms with van der Waals surface area (Å²) in [6.45, 7) is 1.36. The van der Waals surface area contributed by atoms with Gasteiger partial charge in [0, 0.05) is 32.4 Å². The van der Waals surface area contributed by atoms with Gasteiger partial charge in [0.2, 0.25) is 5.91 Å². The minimum atomic E-state index is 0.0330. The van der Waals surface area contributed by atoms with Crippen LogP contribution in [0.4, 0.5) is 5.69 Å². The van der Waals surface area contributed by atoms with Gasteiger partial charge in [-0.3, -0.25) is 4.79 Å². The van der Waals surface area contributed by atoms with Gasteiger partial charge in [0.15, 0.2) is 0 Å². The molecular formula is C13H20N2O2. The molecule has 0 aromatic heterocycles. The van der Waals surface area contributed by atoms with Crippen LogP contribution >= 0.6 is 0 Å².